The Morgan fingerprint density at radius 1 is 0.677 bits per heavy atom. The molecule has 3 aromatic carbocycles. The van der Waals surface area contributed by atoms with Gasteiger partial charge in [0.15, 0.2) is 0 Å². The van der Waals surface area contributed by atoms with Crippen LogP contribution in [0, 0.1) is 0 Å². The molecule has 0 saturated heterocycles. The van der Waals surface area contributed by atoms with Crippen LogP contribution in [0.2, 0.25) is 0 Å². The molecule has 31 heavy (non-hydrogen) atoms. The standard InChI is InChI=1S/C28H36O3/c1-30-28(29)19-10-8-6-4-2-3-5-7-9-13-20-31-27-18-14-17-25-21-23-15-11-12-16-24(23)22-26(25)27/h11-12,14-18,21-22H,2-10,13,19-20H2,1H3. The highest BCUT2D eigenvalue weighted by Crippen LogP contribution is 2.30. The lowest BCUT2D eigenvalue weighted by Gasteiger charge is -2.10. The summed E-state index contributed by atoms with van der Waals surface area (Å²) in [6, 6.07) is 19.3. The fraction of sp³-hybridized carbons (Fsp3) is 0.464. The number of carbonyl (C=O) groups is 1. The van der Waals surface area contributed by atoms with E-state index in [1.807, 2.05) is 0 Å². The maximum absolute atomic E-state index is 11.0. The summed E-state index contributed by atoms with van der Waals surface area (Å²) >= 11 is 0. The fourth-order valence-corrected chi connectivity index (χ4v) is 4.13. The molecule has 0 N–H and O–H groups in total. The minimum atomic E-state index is -0.0853. The molecule has 3 aromatic rings. The average Bonchev–Trinajstić information content (AvgIpc) is 2.80. The van der Waals surface area contributed by atoms with Crippen molar-refractivity contribution in [2.75, 3.05) is 13.7 Å². The molecule has 0 aliphatic carbocycles. The Labute approximate surface area is 186 Å². The van der Waals surface area contributed by atoms with E-state index in [1.54, 1.807) is 0 Å². The molecule has 0 amide bonds. The molecule has 0 unspecified atom stereocenters. The van der Waals surface area contributed by atoms with Crippen LogP contribution in [0.5, 0.6) is 5.75 Å². The lowest BCUT2D eigenvalue weighted by molar-refractivity contribution is -0.140. The van der Waals surface area contributed by atoms with Crippen molar-refractivity contribution in [1.82, 2.24) is 0 Å². The van der Waals surface area contributed by atoms with E-state index >= 15 is 0 Å². The van der Waals surface area contributed by atoms with Crippen molar-refractivity contribution >= 4 is 27.5 Å². The quantitative estimate of drug-likeness (QED) is 0.151. The number of fused-ring (bicyclic) bond motifs is 2. The molecule has 0 spiro atoms. The molecule has 0 radical (unpaired) electrons. The highest BCUT2D eigenvalue weighted by atomic mass is 16.5. The normalized spacial score (nSPS) is 11.1. The number of benzene rings is 3. The number of hydrogen-bond donors (Lipinski definition) is 0. The fourth-order valence-electron chi connectivity index (χ4n) is 4.13. The van der Waals surface area contributed by atoms with Crippen LogP contribution >= 0.6 is 0 Å². The lowest BCUT2D eigenvalue weighted by Crippen LogP contribution is -1.99. The number of ether oxygens (including phenoxy) is 2. The smallest absolute Gasteiger partial charge is 0.305 e. The van der Waals surface area contributed by atoms with Gasteiger partial charge in [-0.2, -0.15) is 0 Å². The Morgan fingerprint density at radius 3 is 1.94 bits per heavy atom. The summed E-state index contributed by atoms with van der Waals surface area (Å²) in [6.45, 7) is 0.784. The zero-order chi connectivity index (χ0) is 21.7. The largest absolute Gasteiger partial charge is 0.493 e. The van der Waals surface area contributed by atoms with Crippen LogP contribution in [0.4, 0.5) is 0 Å². The molecule has 3 heteroatoms. The van der Waals surface area contributed by atoms with Gasteiger partial charge in [0.2, 0.25) is 0 Å². The summed E-state index contributed by atoms with van der Waals surface area (Å²) < 4.78 is 10.8. The first-order valence-corrected chi connectivity index (χ1v) is 11.9. The van der Waals surface area contributed by atoms with Crippen LogP contribution < -0.4 is 4.74 Å². The van der Waals surface area contributed by atoms with Crippen molar-refractivity contribution in [1.29, 1.82) is 0 Å². The predicted octanol–water partition coefficient (Wildman–Crippen LogP) is 7.84. The van der Waals surface area contributed by atoms with E-state index in [1.165, 1.54) is 73.6 Å². The number of unbranched alkanes of at least 4 members (excludes halogenated alkanes) is 9. The van der Waals surface area contributed by atoms with Crippen molar-refractivity contribution < 1.29 is 14.3 Å². The highest BCUT2D eigenvalue weighted by molar-refractivity contribution is 6.00. The summed E-state index contributed by atoms with van der Waals surface area (Å²) in [4.78, 5) is 11.0. The second kappa shape index (κ2) is 13.0. The van der Waals surface area contributed by atoms with Crippen LogP contribution in [0.25, 0.3) is 21.5 Å². The Kier molecular flexibility index (Phi) is 9.69. The minimum absolute atomic E-state index is 0.0853. The second-order valence-corrected chi connectivity index (χ2v) is 8.39. The third-order valence-electron chi connectivity index (χ3n) is 5.97. The molecule has 3 nitrogen and oxygen atoms in total. The van der Waals surface area contributed by atoms with Crippen LogP contribution in [0.15, 0.2) is 54.6 Å². The predicted molar refractivity (Wildman–Crippen MR) is 130 cm³/mol. The number of carbonyl (C=O) groups excluding carboxylic acids is 1. The topological polar surface area (TPSA) is 35.5 Å². The maximum Gasteiger partial charge on any atom is 0.305 e. The summed E-state index contributed by atoms with van der Waals surface area (Å²) in [7, 11) is 1.46. The van der Waals surface area contributed by atoms with Gasteiger partial charge in [0, 0.05) is 11.8 Å². The SMILES string of the molecule is COC(=O)CCCCCCCCCCCCOc1cccc2cc3ccccc3cc12. The van der Waals surface area contributed by atoms with Crippen LogP contribution in [0.3, 0.4) is 0 Å². The van der Waals surface area contributed by atoms with Crippen molar-refractivity contribution in [3.8, 4) is 5.75 Å². The van der Waals surface area contributed by atoms with Gasteiger partial charge in [0.1, 0.15) is 5.75 Å². The minimum Gasteiger partial charge on any atom is -0.493 e. The molecule has 3 rings (SSSR count). The van der Waals surface area contributed by atoms with Gasteiger partial charge in [-0.1, -0.05) is 87.8 Å². The van der Waals surface area contributed by atoms with E-state index in [4.69, 9.17) is 4.74 Å². The zero-order valence-corrected chi connectivity index (χ0v) is 18.9. The van der Waals surface area contributed by atoms with Crippen LogP contribution in [0.1, 0.15) is 70.6 Å². The van der Waals surface area contributed by atoms with Crippen molar-refractivity contribution in [2.45, 2.75) is 70.6 Å². The van der Waals surface area contributed by atoms with Crippen molar-refractivity contribution in [2.24, 2.45) is 0 Å². The molecule has 0 aliphatic heterocycles. The Morgan fingerprint density at radius 2 is 1.26 bits per heavy atom. The number of methoxy groups -OCH3 is 1. The molecule has 0 bridgehead atoms. The van der Waals surface area contributed by atoms with Crippen molar-refractivity contribution in [3.05, 3.63) is 54.6 Å². The van der Waals surface area contributed by atoms with Crippen LogP contribution in [-0.4, -0.2) is 19.7 Å². The summed E-state index contributed by atoms with van der Waals surface area (Å²) in [6.07, 6.45) is 12.7. The van der Waals surface area contributed by atoms with E-state index in [-0.39, 0.29) is 5.97 Å². The molecule has 0 aromatic heterocycles. The van der Waals surface area contributed by atoms with E-state index in [2.05, 4.69) is 59.3 Å². The van der Waals surface area contributed by atoms with E-state index in [0.29, 0.717) is 6.42 Å². The van der Waals surface area contributed by atoms with E-state index in [0.717, 1.165) is 31.6 Å². The Hall–Kier alpha value is -2.55. The lowest BCUT2D eigenvalue weighted by atomic mass is 10.0. The molecule has 166 valence electrons. The first-order valence-electron chi connectivity index (χ1n) is 11.9. The molecular formula is C28H36O3. The van der Waals surface area contributed by atoms with Gasteiger partial charge in [-0.25, -0.2) is 0 Å². The van der Waals surface area contributed by atoms with Gasteiger partial charge in [-0.15, -0.1) is 0 Å². The van der Waals surface area contributed by atoms with E-state index in [9.17, 15) is 4.79 Å². The molecule has 0 fully saturated rings. The van der Waals surface area contributed by atoms with E-state index < -0.39 is 0 Å². The molecule has 0 atom stereocenters. The van der Waals surface area contributed by atoms with Gasteiger partial charge in [-0.3, -0.25) is 4.79 Å². The first kappa shape index (κ1) is 23.1. The molecule has 0 heterocycles. The second-order valence-electron chi connectivity index (χ2n) is 8.39. The summed E-state index contributed by atoms with van der Waals surface area (Å²) in [5, 5.41) is 4.97. The highest BCUT2D eigenvalue weighted by Gasteiger charge is 2.04. The van der Waals surface area contributed by atoms with Gasteiger partial charge in [0.05, 0.1) is 13.7 Å². The zero-order valence-electron chi connectivity index (χ0n) is 18.9. The van der Waals surface area contributed by atoms with Gasteiger partial charge in [-0.05, 0) is 47.2 Å². The Balaban J connectivity index is 1.27. The number of esters is 1. The summed E-state index contributed by atoms with van der Waals surface area (Å²) in [5.74, 6) is 0.911. The third-order valence-corrected chi connectivity index (χ3v) is 5.97. The third kappa shape index (κ3) is 7.57. The average molecular weight is 421 g/mol. The van der Waals surface area contributed by atoms with Crippen molar-refractivity contribution in [3.63, 3.8) is 0 Å². The molecular weight excluding hydrogens is 384 g/mol. The monoisotopic (exact) mass is 420 g/mol. The van der Waals surface area contributed by atoms with Gasteiger partial charge < -0.3 is 9.47 Å². The number of rotatable bonds is 14. The Bertz CT molecular complexity index is 947. The first-order chi connectivity index (χ1) is 15.3. The molecule has 0 saturated carbocycles. The molecule has 0 aliphatic rings. The van der Waals surface area contributed by atoms with Crippen LogP contribution in [-0.2, 0) is 9.53 Å². The van der Waals surface area contributed by atoms with Gasteiger partial charge >= 0.3 is 5.97 Å². The van der Waals surface area contributed by atoms with Gasteiger partial charge in [0.25, 0.3) is 0 Å². The summed E-state index contributed by atoms with van der Waals surface area (Å²) in [5.41, 5.74) is 0. The number of hydrogen-bond acceptors (Lipinski definition) is 3. The maximum atomic E-state index is 11.0.